The lowest BCUT2D eigenvalue weighted by atomic mass is 9.85. The van der Waals surface area contributed by atoms with Crippen molar-refractivity contribution in [3.8, 4) is 0 Å². The largest absolute Gasteiger partial charge is 0.316 e. The number of hydrogen-bond donors (Lipinski definition) is 1. The van der Waals surface area contributed by atoms with Gasteiger partial charge in [0.25, 0.3) is 0 Å². The van der Waals surface area contributed by atoms with Crippen LogP contribution in [0.2, 0.25) is 0 Å². The topological polar surface area (TPSA) is 12.0 Å². The lowest BCUT2D eigenvalue weighted by Crippen LogP contribution is -2.31. The van der Waals surface area contributed by atoms with E-state index in [1.54, 1.807) is 12.1 Å². The van der Waals surface area contributed by atoms with Gasteiger partial charge in [0, 0.05) is 6.54 Å². The van der Waals surface area contributed by atoms with Crippen LogP contribution in [0.4, 0.5) is 4.39 Å². The van der Waals surface area contributed by atoms with Gasteiger partial charge in [-0.3, -0.25) is 0 Å². The Hall–Kier alpha value is -0.890. The van der Waals surface area contributed by atoms with Gasteiger partial charge in [0.1, 0.15) is 5.82 Å². The molecule has 0 atom stereocenters. The van der Waals surface area contributed by atoms with Crippen LogP contribution < -0.4 is 5.32 Å². The highest BCUT2D eigenvalue weighted by Crippen LogP contribution is 2.21. The molecule has 1 N–H and O–H groups in total. The van der Waals surface area contributed by atoms with Crippen molar-refractivity contribution in [3.05, 3.63) is 35.6 Å². The molecule has 1 nitrogen and oxygen atoms in total. The summed E-state index contributed by atoms with van der Waals surface area (Å²) in [5, 5.41) is 3.33. The summed E-state index contributed by atoms with van der Waals surface area (Å²) in [5.74, 6) is -0.147. The van der Waals surface area contributed by atoms with Gasteiger partial charge in [-0.1, -0.05) is 32.9 Å². The van der Waals surface area contributed by atoms with E-state index in [0.717, 1.165) is 25.1 Å². The molecule has 0 spiro atoms. The third-order valence-corrected chi connectivity index (χ3v) is 2.43. The minimum atomic E-state index is -0.147. The highest BCUT2D eigenvalue weighted by atomic mass is 19.1. The molecule has 0 aliphatic carbocycles. The van der Waals surface area contributed by atoms with Gasteiger partial charge in [-0.15, -0.1) is 0 Å². The molecule has 84 valence electrons. The minimum absolute atomic E-state index is 0.147. The number of rotatable bonds is 5. The van der Waals surface area contributed by atoms with Crippen molar-refractivity contribution < 1.29 is 4.39 Å². The summed E-state index contributed by atoms with van der Waals surface area (Å²) in [5.41, 5.74) is 1.24. The van der Waals surface area contributed by atoms with Crippen LogP contribution in [0.25, 0.3) is 0 Å². The molecule has 1 aromatic rings. The normalized spacial score (nSPS) is 11.7. The summed E-state index contributed by atoms with van der Waals surface area (Å²) in [6.45, 7) is 8.42. The van der Waals surface area contributed by atoms with Gasteiger partial charge in [-0.2, -0.15) is 0 Å². The summed E-state index contributed by atoms with van der Waals surface area (Å²) in [4.78, 5) is 0. The van der Waals surface area contributed by atoms with E-state index in [1.807, 2.05) is 6.07 Å². The summed E-state index contributed by atoms with van der Waals surface area (Å²) in [6.07, 6.45) is 0.901. The molecule has 0 aliphatic rings. The van der Waals surface area contributed by atoms with Crippen molar-refractivity contribution in [2.24, 2.45) is 5.41 Å². The van der Waals surface area contributed by atoms with E-state index in [4.69, 9.17) is 0 Å². The Morgan fingerprint density at radius 3 is 2.67 bits per heavy atom. The van der Waals surface area contributed by atoms with Crippen LogP contribution >= 0.6 is 0 Å². The zero-order chi connectivity index (χ0) is 11.3. The summed E-state index contributed by atoms with van der Waals surface area (Å²) in [6, 6.07) is 6.86. The summed E-state index contributed by atoms with van der Waals surface area (Å²) >= 11 is 0. The van der Waals surface area contributed by atoms with E-state index in [2.05, 4.69) is 26.1 Å². The van der Waals surface area contributed by atoms with Crippen molar-refractivity contribution in [2.45, 2.75) is 27.2 Å². The molecule has 2 heteroatoms. The first kappa shape index (κ1) is 12.2. The quantitative estimate of drug-likeness (QED) is 0.786. The number of hydrogen-bond acceptors (Lipinski definition) is 1. The predicted octanol–water partition coefficient (Wildman–Crippen LogP) is 3.00. The van der Waals surface area contributed by atoms with E-state index in [1.165, 1.54) is 6.07 Å². The van der Waals surface area contributed by atoms with E-state index in [0.29, 0.717) is 0 Å². The average Bonchev–Trinajstić information content (AvgIpc) is 2.14. The molecule has 0 unspecified atom stereocenters. The Kier molecular flexibility index (Phi) is 4.28. The van der Waals surface area contributed by atoms with Gasteiger partial charge >= 0.3 is 0 Å². The van der Waals surface area contributed by atoms with E-state index in [9.17, 15) is 4.39 Å². The molecule has 0 saturated heterocycles. The maximum Gasteiger partial charge on any atom is 0.123 e. The highest BCUT2D eigenvalue weighted by molar-refractivity contribution is 5.17. The Bertz CT molecular complexity index is 307. The molecule has 0 heterocycles. The van der Waals surface area contributed by atoms with Crippen molar-refractivity contribution in [2.75, 3.05) is 13.1 Å². The highest BCUT2D eigenvalue weighted by Gasteiger charge is 2.17. The summed E-state index contributed by atoms with van der Waals surface area (Å²) < 4.78 is 13.0. The standard InChI is InChI=1S/C13H20FN/c1-4-15-10-13(2,3)9-11-6-5-7-12(14)8-11/h5-8,15H,4,9-10H2,1-3H3. The van der Waals surface area contributed by atoms with Crippen molar-refractivity contribution in [3.63, 3.8) is 0 Å². The van der Waals surface area contributed by atoms with Crippen molar-refractivity contribution >= 4 is 0 Å². The molecule has 1 rings (SSSR count). The van der Waals surface area contributed by atoms with Gasteiger partial charge in [0.15, 0.2) is 0 Å². The molecule has 0 saturated carbocycles. The molecular formula is C13H20FN. The Balaban J connectivity index is 2.60. The van der Waals surface area contributed by atoms with Gasteiger partial charge in [0.2, 0.25) is 0 Å². The monoisotopic (exact) mass is 209 g/mol. The molecule has 0 aromatic heterocycles. The Morgan fingerprint density at radius 2 is 2.07 bits per heavy atom. The van der Waals surface area contributed by atoms with Crippen LogP contribution in [-0.2, 0) is 6.42 Å². The third-order valence-electron chi connectivity index (χ3n) is 2.43. The van der Waals surface area contributed by atoms with E-state index in [-0.39, 0.29) is 11.2 Å². The molecule has 1 aromatic carbocycles. The molecule has 15 heavy (non-hydrogen) atoms. The van der Waals surface area contributed by atoms with E-state index < -0.39 is 0 Å². The fourth-order valence-corrected chi connectivity index (χ4v) is 1.73. The first-order chi connectivity index (χ1) is 7.03. The van der Waals surface area contributed by atoms with Gasteiger partial charge in [-0.25, -0.2) is 4.39 Å². The van der Waals surface area contributed by atoms with Crippen LogP contribution in [0.3, 0.4) is 0 Å². The summed E-state index contributed by atoms with van der Waals surface area (Å²) in [7, 11) is 0. The van der Waals surface area contributed by atoms with Gasteiger partial charge < -0.3 is 5.32 Å². The lowest BCUT2D eigenvalue weighted by Gasteiger charge is -2.25. The second-order valence-corrected chi connectivity index (χ2v) is 4.75. The number of halogens is 1. The second-order valence-electron chi connectivity index (χ2n) is 4.75. The third kappa shape index (κ3) is 4.43. The molecule has 0 bridgehead atoms. The second kappa shape index (κ2) is 5.26. The van der Waals surface area contributed by atoms with Gasteiger partial charge in [-0.05, 0) is 36.1 Å². The van der Waals surface area contributed by atoms with E-state index >= 15 is 0 Å². The maximum atomic E-state index is 13.0. The number of benzene rings is 1. The first-order valence-corrected chi connectivity index (χ1v) is 5.49. The smallest absolute Gasteiger partial charge is 0.123 e. The fraction of sp³-hybridized carbons (Fsp3) is 0.538. The number of nitrogens with one attached hydrogen (secondary N) is 1. The van der Waals surface area contributed by atoms with Crippen LogP contribution in [0.5, 0.6) is 0 Å². The molecule has 0 fully saturated rings. The molecule has 0 aliphatic heterocycles. The lowest BCUT2D eigenvalue weighted by molar-refractivity contribution is 0.341. The Morgan fingerprint density at radius 1 is 1.33 bits per heavy atom. The van der Waals surface area contributed by atoms with Crippen molar-refractivity contribution in [1.29, 1.82) is 0 Å². The van der Waals surface area contributed by atoms with Crippen LogP contribution in [0, 0.1) is 11.2 Å². The zero-order valence-electron chi connectivity index (χ0n) is 9.81. The zero-order valence-corrected chi connectivity index (χ0v) is 9.81. The molecule has 0 amide bonds. The maximum absolute atomic E-state index is 13.0. The average molecular weight is 209 g/mol. The first-order valence-electron chi connectivity index (χ1n) is 5.49. The fourth-order valence-electron chi connectivity index (χ4n) is 1.73. The van der Waals surface area contributed by atoms with Crippen LogP contribution in [0.1, 0.15) is 26.3 Å². The van der Waals surface area contributed by atoms with Crippen LogP contribution in [0.15, 0.2) is 24.3 Å². The Labute approximate surface area is 91.7 Å². The van der Waals surface area contributed by atoms with Gasteiger partial charge in [0.05, 0.1) is 0 Å². The molecule has 0 radical (unpaired) electrons. The molecular weight excluding hydrogens is 189 g/mol. The minimum Gasteiger partial charge on any atom is -0.316 e. The SMILES string of the molecule is CCNCC(C)(C)Cc1cccc(F)c1. The predicted molar refractivity (Wildman–Crippen MR) is 62.4 cm³/mol. The van der Waals surface area contributed by atoms with Crippen molar-refractivity contribution in [1.82, 2.24) is 5.32 Å². The van der Waals surface area contributed by atoms with Crippen LogP contribution in [-0.4, -0.2) is 13.1 Å².